The summed E-state index contributed by atoms with van der Waals surface area (Å²) in [5.74, 6) is 0. The molecule has 6 rings (SSSR count). The number of halogens is 3. The minimum atomic E-state index is -4.33. The van der Waals surface area contributed by atoms with Gasteiger partial charge in [0.1, 0.15) is 0 Å². The minimum absolute atomic E-state index is 0.638. The van der Waals surface area contributed by atoms with Crippen molar-refractivity contribution in [2.24, 2.45) is 0 Å². The zero-order valence-electron chi connectivity index (χ0n) is 20.4. The Kier molecular flexibility index (Phi) is 6.05. The summed E-state index contributed by atoms with van der Waals surface area (Å²) in [7, 11) is 0. The second kappa shape index (κ2) is 9.68. The van der Waals surface area contributed by atoms with Crippen molar-refractivity contribution < 1.29 is 13.2 Å². The van der Waals surface area contributed by atoms with Gasteiger partial charge in [0.2, 0.25) is 0 Å². The van der Waals surface area contributed by atoms with Crippen LogP contribution in [-0.4, -0.2) is 0 Å². The van der Waals surface area contributed by atoms with E-state index in [4.69, 9.17) is 0 Å². The highest BCUT2D eigenvalue weighted by Crippen LogP contribution is 2.32. The van der Waals surface area contributed by atoms with Crippen LogP contribution in [0.25, 0.3) is 55.3 Å². The first-order valence-corrected chi connectivity index (χ1v) is 12.4. The molecule has 0 N–H and O–H groups in total. The molecule has 0 atom stereocenters. The summed E-state index contributed by atoms with van der Waals surface area (Å²) in [4.78, 5) is 0. The number of benzene rings is 6. The van der Waals surface area contributed by atoms with Crippen molar-refractivity contribution in [3.8, 4) is 44.5 Å². The third kappa shape index (κ3) is 4.83. The van der Waals surface area contributed by atoms with E-state index in [-0.39, 0.29) is 0 Å². The molecular weight excluding hydrogens is 477 g/mol. The van der Waals surface area contributed by atoms with Crippen LogP contribution in [0, 0.1) is 0 Å². The highest BCUT2D eigenvalue weighted by atomic mass is 19.4. The van der Waals surface area contributed by atoms with Crippen molar-refractivity contribution in [1.82, 2.24) is 0 Å². The molecule has 0 nitrogen and oxygen atoms in total. The quantitative estimate of drug-likeness (QED) is 0.226. The van der Waals surface area contributed by atoms with Gasteiger partial charge in [0.25, 0.3) is 0 Å². The van der Waals surface area contributed by atoms with Crippen molar-refractivity contribution in [3.63, 3.8) is 0 Å². The van der Waals surface area contributed by atoms with E-state index in [1.165, 1.54) is 34.0 Å². The topological polar surface area (TPSA) is 0 Å². The van der Waals surface area contributed by atoms with Gasteiger partial charge in [0.15, 0.2) is 0 Å². The molecule has 0 aromatic heterocycles. The van der Waals surface area contributed by atoms with Crippen LogP contribution in [0.3, 0.4) is 0 Å². The zero-order chi connectivity index (χ0) is 26.1. The van der Waals surface area contributed by atoms with Gasteiger partial charge in [-0.15, -0.1) is 0 Å². The van der Waals surface area contributed by atoms with Gasteiger partial charge in [-0.3, -0.25) is 0 Å². The smallest absolute Gasteiger partial charge is 0.166 e. The molecule has 0 bridgehead atoms. The molecule has 0 radical (unpaired) electrons. The summed E-state index contributed by atoms with van der Waals surface area (Å²) in [5, 5.41) is 2.47. The molecule has 0 amide bonds. The summed E-state index contributed by atoms with van der Waals surface area (Å²) < 4.78 is 38.5. The first kappa shape index (κ1) is 23.7. The van der Waals surface area contributed by atoms with Crippen molar-refractivity contribution in [2.45, 2.75) is 6.18 Å². The Labute approximate surface area is 219 Å². The van der Waals surface area contributed by atoms with Crippen molar-refractivity contribution in [2.75, 3.05) is 0 Å². The van der Waals surface area contributed by atoms with Crippen LogP contribution in [0.5, 0.6) is 0 Å². The van der Waals surface area contributed by atoms with Crippen LogP contribution in [0.2, 0.25) is 0 Å². The first-order chi connectivity index (χ1) is 18.4. The molecule has 0 spiro atoms. The molecule has 0 aliphatic heterocycles. The Bertz CT molecular complexity index is 1690. The number of rotatable bonds is 4. The fourth-order valence-corrected chi connectivity index (χ4v) is 4.79. The SMILES string of the molecule is FC(F)(F)c1ccc(-c2ccc(-c3ccc(-c4ccc(-c5ccc6ccccc6c5)cc4)cc3)cc2)cc1. The van der Waals surface area contributed by atoms with Crippen LogP contribution in [0.15, 0.2) is 140 Å². The van der Waals surface area contributed by atoms with Crippen molar-refractivity contribution in [1.29, 1.82) is 0 Å². The normalized spacial score (nSPS) is 11.6. The maximum atomic E-state index is 12.8. The van der Waals surface area contributed by atoms with Crippen LogP contribution < -0.4 is 0 Å². The molecule has 184 valence electrons. The Morgan fingerprint density at radius 2 is 0.632 bits per heavy atom. The van der Waals surface area contributed by atoms with E-state index in [2.05, 4.69) is 91.0 Å². The van der Waals surface area contributed by atoms with Crippen LogP contribution in [0.4, 0.5) is 13.2 Å². The van der Waals surface area contributed by atoms with E-state index in [9.17, 15) is 13.2 Å². The van der Waals surface area contributed by atoms with E-state index in [1.54, 1.807) is 0 Å². The van der Waals surface area contributed by atoms with Crippen LogP contribution in [-0.2, 0) is 6.18 Å². The molecule has 0 saturated carbocycles. The largest absolute Gasteiger partial charge is 0.416 e. The third-order valence-corrected chi connectivity index (χ3v) is 6.95. The fourth-order valence-electron chi connectivity index (χ4n) is 4.79. The number of alkyl halides is 3. The lowest BCUT2D eigenvalue weighted by Gasteiger charge is -2.09. The highest BCUT2D eigenvalue weighted by molar-refractivity contribution is 5.87. The maximum absolute atomic E-state index is 12.8. The maximum Gasteiger partial charge on any atom is 0.416 e. The molecule has 6 aromatic rings. The zero-order valence-corrected chi connectivity index (χ0v) is 20.4. The average molecular weight is 501 g/mol. The Morgan fingerprint density at radius 3 is 1.03 bits per heavy atom. The molecule has 0 fully saturated rings. The number of hydrogen-bond acceptors (Lipinski definition) is 0. The van der Waals surface area contributed by atoms with Crippen LogP contribution >= 0.6 is 0 Å². The predicted molar refractivity (Wildman–Crippen MR) is 151 cm³/mol. The lowest BCUT2D eigenvalue weighted by molar-refractivity contribution is -0.137. The molecular formula is C35H23F3. The standard InChI is InChI=1S/C35H23F3/c36-35(37,38)34-21-19-30(20-22-34)29-11-9-26(10-12-29)25-5-7-27(8-6-25)28-13-15-31(16-14-28)33-18-17-24-3-1-2-4-32(24)23-33/h1-23H. The monoisotopic (exact) mass is 500 g/mol. The molecule has 38 heavy (non-hydrogen) atoms. The molecule has 0 aliphatic rings. The summed E-state index contributed by atoms with van der Waals surface area (Å²) in [6.45, 7) is 0. The van der Waals surface area contributed by atoms with Crippen LogP contribution in [0.1, 0.15) is 5.56 Å². The summed E-state index contributed by atoms with van der Waals surface area (Å²) in [6, 6.07) is 45.1. The Hall–Kier alpha value is -4.63. The van der Waals surface area contributed by atoms with Crippen molar-refractivity contribution in [3.05, 3.63) is 145 Å². The highest BCUT2D eigenvalue weighted by Gasteiger charge is 2.29. The molecule has 6 aromatic carbocycles. The number of hydrogen-bond donors (Lipinski definition) is 0. The van der Waals surface area contributed by atoms with Gasteiger partial charge in [-0.1, -0.05) is 121 Å². The van der Waals surface area contributed by atoms with E-state index >= 15 is 0 Å². The molecule has 0 heterocycles. The molecule has 3 heteroatoms. The second-order valence-corrected chi connectivity index (χ2v) is 9.37. The molecule has 0 aliphatic carbocycles. The Balaban J connectivity index is 1.18. The minimum Gasteiger partial charge on any atom is -0.166 e. The van der Waals surface area contributed by atoms with Gasteiger partial charge >= 0.3 is 6.18 Å². The van der Waals surface area contributed by atoms with Gasteiger partial charge in [-0.25, -0.2) is 0 Å². The predicted octanol–water partition coefficient (Wildman–Crippen LogP) is 10.5. The average Bonchev–Trinajstić information content (AvgIpc) is 2.97. The van der Waals surface area contributed by atoms with Gasteiger partial charge < -0.3 is 0 Å². The third-order valence-electron chi connectivity index (χ3n) is 6.95. The van der Waals surface area contributed by atoms with Gasteiger partial charge in [0.05, 0.1) is 5.56 Å². The van der Waals surface area contributed by atoms with Gasteiger partial charge in [0, 0.05) is 0 Å². The summed E-state index contributed by atoms with van der Waals surface area (Å²) >= 11 is 0. The lowest BCUT2D eigenvalue weighted by Crippen LogP contribution is -2.03. The summed E-state index contributed by atoms with van der Waals surface area (Å²) in [6.07, 6.45) is -4.33. The molecule has 0 saturated heterocycles. The number of fused-ring (bicyclic) bond motifs is 1. The van der Waals surface area contributed by atoms with E-state index < -0.39 is 11.7 Å². The fraction of sp³-hybridized carbons (Fsp3) is 0.0286. The van der Waals surface area contributed by atoms with Gasteiger partial charge in [-0.2, -0.15) is 13.2 Å². The lowest BCUT2D eigenvalue weighted by atomic mass is 9.96. The second-order valence-electron chi connectivity index (χ2n) is 9.37. The Morgan fingerprint density at radius 1 is 0.316 bits per heavy atom. The summed E-state index contributed by atoms with van der Waals surface area (Å²) in [5.41, 5.74) is 7.81. The van der Waals surface area contributed by atoms with E-state index in [1.807, 2.05) is 24.3 Å². The molecule has 0 unspecified atom stereocenters. The van der Waals surface area contributed by atoms with E-state index in [0.29, 0.717) is 0 Å². The van der Waals surface area contributed by atoms with Gasteiger partial charge in [-0.05, 0) is 73.5 Å². The first-order valence-electron chi connectivity index (χ1n) is 12.4. The van der Waals surface area contributed by atoms with E-state index in [0.717, 1.165) is 45.5 Å². The van der Waals surface area contributed by atoms with Crippen molar-refractivity contribution >= 4 is 10.8 Å².